The van der Waals surface area contributed by atoms with Gasteiger partial charge in [0.15, 0.2) is 0 Å². The van der Waals surface area contributed by atoms with E-state index in [-0.39, 0.29) is 150 Å². The van der Waals surface area contributed by atoms with Crippen LogP contribution < -0.4 is 112 Å². The van der Waals surface area contributed by atoms with E-state index in [0.29, 0.717) is 0 Å². The largest absolute Gasteiger partial charge is 6.00 e. The predicted octanol–water partition coefficient (Wildman–Crippen LogP) is -27.0. The maximum Gasteiger partial charge on any atom is 6.00 e. The van der Waals surface area contributed by atoms with Gasteiger partial charge in [0, 0.05) is 0 Å². The van der Waals surface area contributed by atoms with E-state index in [0.717, 1.165) is 0 Å². The molecule has 0 atom stereocenters. The van der Waals surface area contributed by atoms with Gasteiger partial charge in [0.25, 0.3) is 0 Å². The standard InChI is InChI=1S/9ClH.Fe.Mo/h9*1H;;/q;;;;;;;;;+3;+6/p-9. The molecule has 0 aliphatic heterocycles. The van der Waals surface area contributed by atoms with Gasteiger partial charge in [0.05, 0.1) is 0 Å². The van der Waals surface area contributed by atoms with E-state index in [4.69, 9.17) is 0 Å². The number of hydrogen-bond acceptors (Lipinski definition) is 0. The average molecular weight is 471 g/mol. The Morgan fingerprint density at radius 3 is 0.273 bits per heavy atom. The van der Waals surface area contributed by atoms with E-state index in [9.17, 15) is 0 Å². The van der Waals surface area contributed by atoms with Crippen molar-refractivity contribution in [3.8, 4) is 0 Å². The third kappa shape index (κ3) is 132. The summed E-state index contributed by atoms with van der Waals surface area (Å²) in [5.74, 6) is 0. The third-order valence-electron chi connectivity index (χ3n) is 0. The maximum absolute atomic E-state index is 0. The second-order valence-corrected chi connectivity index (χ2v) is 0. The van der Waals surface area contributed by atoms with Gasteiger partial charge in [-0.2, -0.15) is 0 Å². The van der Waals surface area contributed by atoms with Crippen LogP contribution in [0.2, 0.25) is 0 Å². The van der Waals surface area contributed by atoms with Crippen molar-refractivity contribution in [3.05, 3.63) is 0 Å². The first-order chi connectivity index (χ1) is 0. The molecule has 0 saturated carbocycles. The van der Waals surface area contributed by atoms with Crippen molar-refractivity contribution >= 4 is 0 Å². The molecule has 0 amide bonds. The van der Waals surface area contributed by atoms with Crippen LogP contribution in [0.5, 0.6) is 0 Å². The normalized spacial score (nSPS) is 0. The molecule has 0 rings (SSSR count). The third-order valence-corrected chi connectivity index (χ3v) is 0. The zero-order chi connectivity index (χ0) is 0. The SMILES string of the molecule is [Cl-].[Cl-].[Cl-].[Cl-].[Cl-].[Cl-].[Cl-].[Cl-].[Cl-].[Fe+3].[Mo+6]. The second-order valence-electron chi connectivity index (χ2n) is 0. The van der Waals surface area contributed by atoms with Gasteiger partial charge in [-0.05, 0) is 0 Å². The Kier molecular flexibility index (Phi) is 2750. The van der Waals surface area contributed by atoms with Crippen LogP contribution in [-0.2, 0) is 38.1 Å². The van der Waals surface area contributed by atoms with Gasteiger partial charge >= 0.3 is 38.1 Å². The molecule has 0 aromatic heterocycles. The molecule has 0 heterocycles. The molecule has 0 unspecified atom stereocenters. The van der Waals surface area contributed by atoms with Gasteiger partial charge in [0.2, 0.25) is 0 Å². The Bertz CT molecular complexity index is 9.52. The van der Waals surface area contributed by atoms with E-state index >= 15 is 0 Å². The first-order valence-electron chi connectivity index (χ1n) is 0. The first kappa shape index (κ1) is 194. The Hall–Kier alpha value is 3.82. The summed E-state index contributed by atoms with van der Waals surface area (Å²) in [5.41, 5.74) is 0. The minimum Gasteiger partial charge on any atom is -1.00 e. The van der Waals surface area contributed by atoms with Gasteiger partial charge < -0.3 is 112 Å². The van der Waals surface area contributed by atoms with Crippen LogP contribution in [0.3, 0.4) is 0 Å². The van der Waals surface area contributed by atoms with Gasteiger partial charge in [0.1, 0.15) is 0 Å². The Morgan fingerprint density at radius 1 is 0.273 bits per heavy atom. The Labute approximate surface area is 148 Å². The minimum atomic E-state index is 0. The molecule has 0 aliphatic rings. The smallest absolute Gasteiger partial charge is 1.00 e. The maximum atomic E-state index is 0. The van der Waals surface area contributed by atoms with Crippen molar-refractivity contribution in [2.75, 3.05) is 0 Å². The van der Waals surface area contributed by atoms with Crippen molar-refractivity contribution in [2.45, 2.75) is 0 Å². The Balaban J connectivity index is 0. The summed E-state index contributed by atoms with van der Waals surface area (Å²) in [4.78, 5) is 0. The van der Waals surface area contributed by atoms with Gasteiger partial charge in [-0.25, -0.2) is 0 Å². The molecular formula is Cl9FeMo. The zero-order valence-electron chi connectivity index (χ0n) is 4.16. The topological polar surface area (TPSA) is 0 Å². The first-order valence-corrected chi connectivity index (χ1v) is 0. The van der Waals surface area contributed by atoms with Gasteiger partial charge in [-0.1, -0.05) is 0 Å². The Morgan fingerprint density at radius 2 is 0.273 bits per heavy atom. The molecule has 77 valence electrons. The molecule has 1 radical (unpaired) electrons. The molecule has 0 bridgehead atoms. The molecule has 0 aromatic rings. The summed E-state index contributed by atoms with van der Waals surface area (Å²) < 4.78 is 0. The number of halogens is 9. The quantitative estimate of drug-likeness (QED) is 0.309. The predicted molar refractivity (Wildman–Crippen MR) is 0 cm³/mol. The van der Waals surface area contributed by atoms with Crippen molar-refractivity contribution in [3.63, 3.8) is 0 Å². The molecule has 0 spiro atoms. The summed E-state index contributed by atoms with van der Waals surface area (Å²) >= 11 is 0. The molecular weight excluding hydrogens is 471 g/mol. The molecule has 0 aliphatic carbocycles. The van der Waals surface area contributed by atoms with Crippen LogP contribution in [0.1, 0.15) is 0 Å². The van der Waals surface area contributed by atoms with Crippen LogP contribution in [-0.4, -0.2) is 0 Å². The van der Waals surface area contributed by atoms with Crippen LogP contribution in [0.15, 0.2) is 0 Å². The average Bonchev–Trinajstić information content (AvgIpc) is 0. The molecule has 0 fully saturated rings. The van der Waals surface area contributed by atoms with Crippen LogP contribution in [0, 0.1) is 0 Å². The van der Waals surface area contributed by atoms with Crippen LogP contribution in [0.25, 0.3) is 0 Å². The van der Waals surface area contributed by atoms with E-state index in [1.54, 1.807) is 0 Å². The fourth-order valence-electron chi connectivity index (χ4n) is 0. The summed E-state index contributed by atoms with van der Waals surface area (Å²) in [5, 5.41) is 0. The van der Waals surface area contributed by atoms with E-state index < -0.39 is 0 Å². The van der Waals surface area contributed by atoms with E-state index in [1.807, 2.05) is 0 Å². The van der Waals surface area contributed by atoms with Crippen molar-refractivity contribution in [2.24, 2.45) is 0 Å². The fraction of sp³-hybridized carbons (Fsp3) is 0. The molecule has 0 nitrogen and oxygen atoms in total. The van der Waals surface area contributed by atoms with E-state index in [2.05, 4.69) is 0 Å². The summed E-state index contributed by atoms with van der Waals surface area (Å²) in [7, 11) is 0. The monoisotopic (exact) mass is 469 g/mol. The molecule has 0 saturated heterocycles. The number of rotatable bonds is 0. The van der Waals surface area contributed by atoms with Gasteiger partial charge in [-0.3, -0.25) is 0 Å². The summed E-state index contributed by atoms with van der Waals surface area (Å²) in [6.45, 7) is 0. The second kappa shape index (κ2) is 156. The molecule has 11 heteroatoms. The van der Waals surface area contributed by atoms with Crippen molar-refractivity contribution in [1.29, 1.82) is 0 Å². The molecule has 0 aromatic carbocycles. The van der Waals surface area contributed by atoms with Crippen molar-refractivity contribution in [1.82, 2.24) is 0 Å². The summed E-state index contributed by atoms with van der Waals surface area (Å²) in [6, 6.07) is 0. The van der Waals surface area contributed by atoms with Crippen LogP contribution >= 0.6 is 0 Å². The van der Waals surface area contributed by atoms with Gasteiger partial charge in [-0.15, -0.1) is 0 Å². The minimum absolute atomic E-state index is 0. The van der Waals surface area contributed by atoms with Crippen molar-refractivity contribution < 1.29 is 150 Å². The number of hydrogen-bond donors (Lipinski definition) is 0. The fourth-order valence-corrected chi connectivity index (χ4v) is 0. The van der Waals surface area contributed by atoms with E-state index in [1.165, 1.54) is 0 Å². The molecule has 11 heavy (non-hydrogen) atoms. The summed E-state index contributed by atoms with van der Waals surface area (Å²) in [6.07, 6.45) is 0. The van der Waals surface area contributed by atoms with Crippen LogP contribution in [0.4, 0.5) is 0 Å². The zero-order valence-corrected chi connectivity index (χ0v) is 14.1. The molecule has 0 N–H and O–H groups in total.